The molecule has 0 spiro atoms. The van der Waals surface area contributed by atoms with E-state index in [-0.39, 0.29) is 18.7 Å². The fourth-order valence-electron chi connectivity index (χ4n) is 1.45. The third-order valence-corrected chi connectivity index (χ3v) is 4.25. The minimum absolute atomic E-state index is 0.144. The Hall–Kier alpha value is -1.51. The molecule has 0 aliphatic rings. The van der Waals surface area contributed by atoms with Crippen LogP contribution in [0.15, 0.2) is 18.2 Å². The van der Waals surface area contributed by atoms with Crippen LogP contribution in [0, 0.1) is 0 Å². The summed E-state index contributed by atoms with van der Waals surface area (Å²) >= 11 is 5.85. The predicted octanol–water partition coefficient (Wildman–Crippen LogP) is 1.80. The van der Waals surface area contributed by atoms with Crippen molar-refractivity contribution in [3.05, 3.63) is 23.2 Å². The molecular formula is C12H17ClN2O5S. The van der Waals surface area contributed by atoms with Gasteiger partial charge in [0.25, 0.3) is 0 Å². The highest BCUT2D eigenvalue weighted by Gasteiger charge is 2.20. The van der Waals surface area contributed by atoms with Gasteiger partial charge in [-0.15, -0.1) is 0 Å². The van der Waals surface area contributed by atoms with Crippen molar-refractivity contribution in [2.45, 2.75) is 13.3 Å². The second kappa shape index (κ2) is 7.48. The average Bonchev–Trinajstić information content (AvgIpc) is 2.38. The van der Waals surface area contributed by atoms with Crippen LogP contribution in [0.2, 0.25) is 5.02 Å². The molecule has 7 nitrogen and oxygen atoms in total. The van der Waals surface area contributed by atoms with E-state index in [1.165, 1.54) is 13.1 Å². The van der Waals surface area contributed by atoms with Crippen molar-refractivity contribution >= 4 is 33.5 Å². The summed E-state index contributed by atoms with van der Waals surface area (Å²) in [6.07, 6.45) is -0.286. The molecule has 0 unspecified atom stereocenters. The molecule has 0 atom stereocenters. The first-order valence-corrected chi connectivity index (χ1v) is 7.96. The number of carboxylic acids is 1. The van der Waals surface area contributed by atoms with Crippen molar-refractivity contribution in [2.75, 3.05) is 24.9 Å². The van der Waals surface area contributed by atoms with Crippen molar-refractivity contribution < 1.29 is 23.1 Å². The Bertz CT molecular complexity index is 606. The lowest BCUT2D eigenvalue weighted by Gasteiger charge is -2.19. The number of hydrogen-bond acceptors (Lipinski definition) is 4. The number of aliphatic carboxylic acids is 1. The minimum Gasteiger partial charge on any atom is -0.492 e. The molecule has 2 N–H and O–H groups in total. The van der Waals surface area contributed by atoms with Gasteiger partial charge in [-0.3, -0.25) is 9.52 Å². The minimum atomic E-state index is -3.89. The number of anilines is 1. The molecule has 1 aromatic carbocycles. The van der Waals surface area contributed by atoms with E-state index in [0.717, 1.165) is 4.31 Å². The van der Waals surface area contributed by atoms with Gasteiger partial charge >= 0.3 is 16.2 Å². The van der Waals surface area contributed by atoms with Gasteiger partial charge in [0, 0.05) is 18.6 Å². The van der Waals surface area contributed by atoms with Crippen LogP contribution in [0.5, 0.6) is 5.75 Å². The van der Waals surface area contributed by atoms with Gasteiger partial charge in [-0.2, -0.15) is 12.7 Å². The number of nitrogens with zero attached hydrogens (tertiary/aromatic N) is 1. The fourth-order valence-corrected chi connectivity index (χ4v) is 2.55. The Kier molecular flexibility index (Phi) is 6.25. The second-order valence-corrected chi connectivity index (χ2v) is 6.36. The van der Waals surface area contributed by atoms with Crippen LogP contribution in [0.1, 0.15) is 13.3 Å². The summed E-state index contributed by atoms with van der Waals surface area (Å²) in [6, 6.07) is 4.56. The second-order valence-electron chi connectivity index (χ2n) is 4.15. The Morgan fingerprint density at radius 2 is 2.14 bits per heavy atom. The highest BCUT2D eigenvalue weighted by atomic mass is 35.5. The van der Waals surface area contributed by atoms with Crippen LogP contribution in [0.4, 0.5) is 5.69 Å². The van der Waals surface area contributed by atoms with E-state index < -0.39 is 16.2 Å². The first kappa shape index (κ1) is 17.5. The molecule has 118 valence electrons. The molecule has 1 aromatic rings. The molecule has 0 bridgehead atoms. The zero-order chi connectivity index (χ0) is 16.0. The number of halogens is 1. The van der Waals surface area contributed by atoms with Crippen molar-refractivity contribution in [3.63, 3.8) is 0 Å². The molecule has 0 amide bonds. The van der Waals surface area contributed by atoms with Gasteiger partial charge in [0.15, 0.2) is 0 Å². The first-order valence-electron chi connectivity index (χ1n) is 6.14. The lowest BCUT2D eigenvalue weighted by atomic mass is 10.3. The number of rotatable bonds is 8. The van der Waals surface area contributed by atoms with Crippen molar-refractivity contribution in [2.24, 2.45) is 0 Å². The monoisotopic (exact) mass is 336 g/mol. The van der Waals surface area contributed by atoms with E-state index in [0.29, 0.717) is 17.4 Å². The SMILES string of the molecule is CCOc1ccc(Cl)cc1NS(=O)(=O)N(C)CCC(=O)O. The number of carbonyl (C=O) groups is 1. The molecule has 1 rings (SSSR count). The highest BCUT2D eigenvalue weighted by molar-refractivity contribution is 7.90. The summed E-state index contributed by atoms with van der Waals surface area (Å²) in [5.74, 6) is -0.730. The van der Waals surface area contributed by atoms with E-state index in [2.05, 4.69) is 4.72 Å². The molecule has 9 heteroatoms. The third kappa shape index (κ3) is 5.41. The molecule has 21 heavy (non-hydrogen) atoms. The summed E-state index contributed by atoms with van der Waals surface area (Å²) in [6.45, 7) is 1.99. The predicted molar refractivity (Wildman–Crippen MR) is 80.0 cm³/mol. The van der Waals surface area contributed by atoms with Crippen molar-refractivity contribution in [3.8, 4) is 5.75 Å². The normalized spacial score (nSPS) is 11.4. The summed E-state index contributed by atoms with van der Waals surface area (Å²) < 4.78 is 32.8. The zero-order valence-corrected chi connectivity index (χ0v) is 13.2. The van der Waals surface area contributed by atoms with Crippen molar-refractivity contribution in [1.29, 1.82) is 0 Å². The maximum absolute atomic E-state index is 12.1. The molecule has 0 aliphatic heterocycles. The number of nitrogens with one attached hydrogen (secondary N) is 1. The van der Waals surface area contributed by atoms with Gasteiger partial charge in [-0.1, -0.05) is 11.6 Å². The molecule has 0 saturated heterocycles. The van der Waals surface area contributed by atoms with Crippen LogP contribution in [0.25, 0.3) is 0 Å². The topological polar surface area (TPSA) is 95.9 Å². The smallest absolute Gasteiger partial charge is 0.304 e. The van der Waals surface area contributed by atoms with Crippen molar-refractivity contribution in [1.82, 2.24) is 4.31 Å². The average molecular weight is 337 g/mol. The molecule has 0 heterocycles. The number of hydrogen-bond donors (Lipinski definition) is 2. The van der Waals surface area contributed by atoms with Gasteiger partial charge in [-0.05, 0) is 25.1 Å². The molecule has 0 radical (unpaired) electrons. The van der Waals surface area contributed by atoms with Gasteiger partial charge in [0.1, 0.15) is 5.75 Å². The third-order valence-electron chi connectivity index (χ3n) is 2.53. The Labute approximate surface area is 128 Å². The number of carboxylic acid groups (broad SMARTS) is 1. The standard InChI is InChI=1S/C12H17ClN2O5S/c1-3-20-11-5-4-9(13)8-10(11)14-21(18,19)15(2)7-6-12(16)17/h4-5,8,14H,3,6-7H2,1-2H3,(H,16,17). The lowest BCUT2D eigenvalue weighted by molar-refractivity contribution is -0.137. The van der Waals surface area contributed by atoms with E-state index in [4.69, 9.17) is 21.4 Å². The van der Waals surface area contributed by atoms with E-state index in [1.807, 2.05) is 0 Å². The Morgan fingerprint density at radius 3 is 2.71 bits per heavy atom. The van der Waals surface area contributed by atoms with Gasteiger partial charge in [-0.25, -0.2) is 0 Å². The fraction of sp³-hybridized carbons (Fsp3) is 0.417. The van der Waals surface area contributed by atoms with Crippen LogP contribution >= 0.6 is 11.6 Å². The van der Waals surface area contributed by atoms with E-state index >= 15 is 0 Å². The Balaban J connectivity index is 2.92. The van der Waals surface area contributed by atoms with Gasteiger partial charge < -0.3 is 9.84 Å². The molecule has 0 aromatic heterocycles. The summed E-state index contributed by atoms with van der Waals surface area (Å²) in [5.41, 5.74) is 0.200. The maximum Gasteiger partial charge on any atom is 0.304 e. The van der Waals surface area contributed by atoms with Crippen LogP contribution < -0.4 is 9.46 Å². The van der Waals surface area contributed by atoms with Crippen LogP contribution in [-0.2, 0) is 15.0 Å². The van der Waals surface area contributed by atoms with Crippen LogP contribution in [0.3, 0.4) is 0 Å². The van der Waals surface area contributed by atoms with Gasteiger partial charge in [0.2, 0.25) is 0 Å². The number of benzene rings is 1. The largest absolute Gasteiger partial charge is 0.492 e. The molecule has 0 fully saturated rings. The summed E-state index contributed by atoms with van der Waals surface area (Å²) in [5, 5.41) is 8.94. The van der Waals surface area contributed by atoms with Crippen LogP contribution in [-0.4, -0.2) is 44.0 Å². The lowest BCUT2D eigenvalue weighted by Crippen LogP contribution is -2.34. The number of ether oxygens (including phenoxy) is 1. The molecular weight excluding hydrogens is 320 g/mol. The zero-order valence-electron chi connectivity index (χ0n) is 11.7. The van der Waals surface area contributed by atoms with Gasteiger partial charge in [0.05, 0.1) is 18.7 Å². The van der Waals surface area contributed by atoms with E-state index in [1.54, 1.807) is 19.1 Å². The Morgan fingerprint density at radius 1 is 1.48 bits per heavy atom. The molecule has 0 aliphatic carbocycles. The van der Waals surface area contributed by atoms with E-state index in [9.17, 15) is 13.2 Å². The quantitative estimate of drug-likeness (QED) is 0.754. The summed E-state index contributed by atoms with van der Waals surface area (Å²) in [7, 11) is -2.60. The maximum atomic E-state index is 12.1. The summed E-state index contributed by atoms with van der Waals surface area (Å²) in [4.78, 5) is 10.5. The first-order chi connectivity index (χ1) is 9.76. The molecule has 0 saturated carbocycles. The highest BCUT2D eigenvalue weighted by Crippen LogP contribution is 2.29.